The van der Waals surface area contributed by atoms with Gasteiger partial charge in [-0.05, 0) is 49.4 Å². The summed E-state index contributed by atoms with van der Waals surface area (Å²) in [5, 5.41) is 2.96. The molecule has 0 aromatic heterocycles. The fourth-order valence-electron chi connectivity index (χ4n) is 3.31. The molecular formula is C24H22N2O3S. The predicted octanol–water partition coefficient (Wildman–Crippen LogP) is 5.01. The lowest BCUT2D eigenvalue weighted by molar-refractivity contribution is 0.0972. The van der Waals surface area contributed by atoms with E-state index >= 15 is 0 Å². The van der Waals surface area contributed by atoms with E-state index in [-0.39, 0.29) is 11.8 Å². The summed E-state index contributed by atoms with van der Waals surface area (Å²) in [6.07, 6.45) is 0. The topological polar surface area (TPSA) is 58.6 Å². The van der Waals surface area contributed by atoms with E-state index in [4.69, 9.17) is 4.74 Å². The van der Waals surface area contributed by atoms with Crippen molar-refractivity contribution < 1.29 is 14.3 Å². The Morgan fingerprint density at radius 1 is 1.03 bits per heavy atom. The number of carbonyl (C=O) groups excluding carboxylic acids is 2. The van der Waals surface area contributed by atoms with Crippen molar-refractivity contribution in [1.82, 2.24) is 0 Å². The molecular weight excluding hydrogens is 396 g/mol. The Morgan fingerprint density at radius 2 is 1.80 bits per heavy atom. The number of fused-ring (bicyclic) bond motifs is 2. The van der Waals surface area contributed by atoms with Crippen molar-refractivity contribution in [2.75, 3.05) is 30.5 Å². The van der Waals surface area contributed by atoms with E-state index in [2.05, 4.69) is 5.32 Å². The van der Waals surface area contributed by atoms with Gasteiger partial charge in [0, 0.05) is 34.7 Å². The molecule has 0 aliphatic carbocycles. The van der Waals surface area contributed by atoms with E-state index < -0.39 is 0 Å². The van der Waals surface area contributed by atoms with Crippen LogP contribution in [0, 0.1) is 6.92 Å². The molecule has 1 heterocycles. The third kappa shape index (κ3) is 4.10. The maximum Gasteiger partial charge on any atom is 0.259 e. The van der Waals surface area contributed by atoms with Gasteiger partial charge in [-0.1, -0.05) is 41.6 Å². The molecule has 1 N–H and O–H groups in total. The highest BCUT2D eigenvalue weighted by molar-refractivity contribution is 7.99. The number of hydrogen-bond donors (Lipinski definition) is 1. The standard InChI is InChI=1S/C24H22N2O3S/c1-16-7-9-17(10-8-16)23(27)25-18-11-12-20-22(15-18)30-21-6-4-3-5-19(21)24(28)26(20)13-14-29-2/h3-12,15H,13-14H2,1-2H3,(H,25,27). The smallest absolute Gasteiger partial charge is 0.259 e. The summed E-state index contributed by atoms with van der Waals surface area (Å²) in [6.45, 7) is 2.87. The first-order chi connectivity index (χ1) is 14.6. The molecule has 0 saturated carbocycles. The highest BCUT2D eigenvalue weighted by Crippen LogP contribution is 2.42. The van der Waals surface area contributed by atoms with Gasteiger partial charge >= 0.3 is 0 Å². The van der Waals surface area contributed by atoms with Crippen LogP contribution in [0.2, 0.25) is 0 Å². The van der Waals surface area contributed by atoms with Crippen molar-refractivity contribution in [3.05, 3.63) is 83.4 Å². The molecule has 2 amide bonds. The summed E-state index contributed by atoms with van der Waals surface area (Å²) >= 11 is 1.53. The molecule has 0 unspecified atom stereocenters. The van der Waals surface area contributed by atoms with E-state index in [0.29, 0.717) is 30.0 Å². The second-order valence-electron chi connectivity index (χ2n) is 7.05. The third-order valence-corrected chi connectivity index (χ3v) is 6.05. The zero-order valence-electron chi connectivity index (χ0n) is 16.8. The number of ether oxygens (including phenoxy) is 1. The van der Waals surface area contributed by atoms with Gasteiger partial charge in [-0.3, -0.25) is 9.59 Å². The molecule has 30 heavy (non-hydrogen) atoms. The van der Waals surface area contributed by atoms with E-state index in [1.54, 1.807) is 12.0 Å². The molecule has 0 atom stereocenters. The first-order valence-electron chi connectivity index (χ1n) is 9.66. The number of carbonyl (C=O) groups is 2. The van der Waals surface area contributed by atoms with Gasteiger partial charge in [0.15, 0.2) is 0 Å². The van der Waals surface area contributed by atoms with E-state index in [1.807, 2.05) is 73.7 Å². The second-order valence-corrected chi connectivity index (χ2v) is 8.13. The Hall–Kier alpha value is -3.09. The van der Waals surface area contributed by atoms with Crippen molar-refractivity contribution in [1.29, 1.82) is 0 Å². The predicted molar refractivity (Wildman–Crippen MR) is 120 cm³/mol. The Bertz CT molecular complexity index is 1100. The van der Waals surface area contributed by atoms with Crippen LogP contribution in [0.4, 0.5) is 11.4 Å². The van der Waals surface area contributed by atoms with E-state index in [9.17, 15) is 9.59 Å². The van der Waals surface area contributed by atoms with Crippen LogP contribution < -0.4 is 10.2 Å². The van der Waals surface area contributed by atoms with Crippen molar-refractivity contribution in [3.63, 3.8) is 0 Å². The normalized spacial score (nSPS) is 12.7. The monoisotopic (exact) mass is 418 g/mol. The zero-order valence-corrected chi connectivity index (χ0v) is 17.7. The molecule has 6 heteroatoms. The van der Waals surface area contributed by atoms with Crippen LogP contribution in [0.15, 0.2) is 76.5 Å². The molecule has 0 radical (unpaired) electrons. The molecule has 4 rings (SSSR count). The van der Waals surface area contributed by atoms with Gasteiger partial charge in [0.2, 0.25) is 0 Å². The number of benzene rings is 3. The maximum atomic E-state index is 13.2. The SMILES string of the molecule is COCCN1C(=O)c2ccccc2Sc2cc(NC(=O)c3ccc(C)cc3)ccc21. The average molecular weight is 419 g/mol. The van der Waals surface area contributed by atoms with Gasteiger partial charge in [-0.15, -0.1) is 0 Å². The van der Waals surface area contributed by atoms with Crippen molar-refractivity contribution in [3.8, 4) is 0 Å². The number of aryl methyl sites for hydroxylation is 1. The van der Waals surface area contributed by atoms with Gasteiger partial charge in [0.05, 0.1) is 17.9 Å². The van der Waals surface area contributed by atoms with Crippen LogP contribution in [0.25, 0.3) is 0 Å². The lowest BCUT2D eigenvalue weighted by atomic mass is 10.1. The minimum absolute atomic E-state index is 0.0506. The van der Waals surface area contributed by atoms with Crippen LogP contribution in [0.1, 0.15) is 26.3 Å². The quantitative estimate of drug-likeness (QED) is 0.633. The number of nitrogens with one attached hydrogen (secondary N) is 1. The van der Waals surface area contributed by atoms with Gasteiger partial charge < -0.3 is 15.0 Å². The molecule has 0 saturated heterocycles. The van der Waals surface area contributed by atoms with Crippen LogP contribution >= 0.6 is 11.8 Å². The summed E-state index contributed by atoms with van der Waals surface area (Å²) < 4.78 is 5.21. The fraction of sp³-hybridized carbons (Fsp3) is 0.167. The third-order valence-electron chi connectivity index (χ3n) is 4.92. The Labute approximate surface area is 180 Å². The van der Waals surface area contributed by atoms with Crippen LogP contribution in [0.3, 0.4) is 0 Å². The summed E-state index contributed by atoms with van der Waals surface area (Å²) in [6, 6.07) is 20.7. The molecule has 0 fully saturated rings. The van der Waals surface area contributed by atoms with E-state index in [0.717, 1.165) is 21.0 Å². The van der Waals surface area contributed by atoms with Crippen LogP contribution in [-0.2, 0) is 4.74 Å². The number of hydrogen-bond acceptors (Lipinski definition) is 4. The molecule has 1 aliphatic heterocycles. The van der Waals surface area contributed by atoms with Gasteiger partial charge in [-0.2, -0.15) is 0 Å². The Kier molecular flexibility index (Phi) is 5.88. The fourth-order valence-corrected chi connectivity index (χ4v) is 4.43. The molecule has 3 aromatic carbocycles. The molecule has 1 aliphatic rings. The van der Waals surface area contributed by atoms with Crippen molar-refractivity contribution in [2.45, 2.75) is 16.7 Å². The van der Waals surface area contributed by atoms with Gasteiger partial charge in [-0.25, -0.2) is 0 Å². The molecule has 3 aromatic rings. The molecule has 5 nitrogen and oxygen atoms in total. The number of anilines is 2. The number of rotatable bonds is 5. The Morgan fingerprint density at radius 3 is 2.57 bits per heavy atom. The number of nitrogens with zero attached hydrogens (tertiary/aromatic N) is 1. The highest BCUT2D eigenvalue weighted by Gasteiger charge is 2.27. The lowest BCUT2D eigenvalue weighted by Crippen LogP contribution is -2.33. The number of amides is 2. The van der Waals surface area contributed by atoms with Crippen LogP contribution in [0.5, 0.6) is 0 Å². The maximum absolute atomic E-state index is 13.2. The molecule has 0 spiro atoms. The summed E-state index contributed by atoms with van der Waals surface area (Å²) in [4.78, 5) is 29.3. The summed E-state index contributed by atoms with van der Waals surface area (Å²) in [7, 11) is 1.62. The minimum atomic E-state index is -0.165. The lowest BCUT2D eigenvalue weighted by Gasteiger charge is -2.23. The first-order valence-corrected chi connectivity index (χ1v) is 10.5. The molecule has 152 valence electrons. The Balaban J connectivity index is 1.68. The zero-order chi connectivity index (χ0) is 21.1. The minimum Gasteiger partial charge on any atom is -0.383 e. The van der Waals surface area contributed by atoms with Gasteiger partial charge in [0.1, 0.15) is 0 Å². The first kappa shape index (κ1) is 20.2. The van der Waals surface area contributed by atoms with Crippen molar-refractivity contribution >= 4 is 35.0 Å². The summed E-state index contributed by atoms with van der Waals surface area (Å²) in [5.41, 5.74) is 3.87. The summed E-state index contributed by atoms with van der Waals surface area (Å²) in [5.74, 6) is -0.216. The second kappa shape index (κ2) is 8.73. The van der Waals surface area contributed by atoms with E-state index in [1.165, 1.54) is 11.8 Å². The number of methoxy groups -OCH3 is 1. The highest BCUT2D eigenvalue weighted by atomic mass is 32.2. The average Bonchev–Trinajstić information content (AvgIpc) is 2.86. The van der Waals surface area contributed by atoms with Crippen molar-refractivity contribution in [2.24, 2.45) is 0 Å². The largest absolute Gasteiger partial charge is 0.383 e. The molecule has 0 bridgehead atoms. The van der Waals surface area contributed by atoms with Crippen LogP contribution in [-0.4, -0.2) is 32.1 Å². The van der Waals surface area contributed by atoms with Gasteiger partial charge in [0.25, 0.3) is 11.8 Å².